The Balaban J connectivity index is 1.69. The molecule has 30 heavy (non-hydrogen) atoms. The molecule has 2 aromatic carbocycles. The van der Waals surface area contributed by atoms with Crippen LogP contribution in [0.3, 0.4) is 0 Å². The van der Waals surface area contributed by atoms with Crippen molar-refractivity contribution in [2.45, 2.75) is 31.2 Å². The molecule has 2 N–H and O–H groups in total. The molecule has 1 aliphatic heterocycles. The number of rotatable bonds is 4. The molecule has 1 aliphatic rings. The molecule has 7 nitrogen and oxygen atoms in total. The molecule has 4 rings (SSSR count). The third-order valence-electron chi connectivity index (χ3n) is 4.71. The summed E-state index contributed by atoms with van der Waals surface area (Å²) in [5.74, 6) is 0.390. The minimum Gasteiger partial charge on any atom is -0.325 e. The van der Waals surface area contributed by atoms with E-state index in [2.05, 4.69) is 34.0 Å². The molecule has 0 saturated heterocycles. The van der Waals surface area contributed by atoms with E-state index in [1.807, 2.05) is 24.3 Å². The van der Waals surface area contributed by atoms with Gasteiger partial charge in [-0.25, -0.2) is 4.68 Å². The number of hydrogen-bond acceptors (Lipinski definition) is 5. The zero-order chi connectivity index (χ0) is 21.5. The van der Waals surface area contributed by atoms with Gasteiger partial charge >= 0.3 is 6.55 Å². The highest BCUT2D eigenvalue weighted by molar-refractivity contribution is 7.90. The van der Waals surface area contributed by atoms with E-state index in [1.54, 1.807) is 6.07 Å². The summed E-state index contributed by atoms with van der Waals surface area (Å²) in [5, 5.41) is 9.57. The molecule has 2 heterocycles. The summed E-state index contributed by atoms with van der Waals surface area (Å²) in [6, 6.07) is 12.1. The number of halogens is 2. The number of benzene rings is 2. The summed E-state index contributed by atoms with van der Waals surface area (Å²) >= 11 is 0. The molecular formula is C20H19F2N5O2S. The number of nitrogens with zero attached hydrogens (tertiary/aromatic N) is 3. The predicted molar refractivity (Wildman–Crippen MR) is 111 cm³/mol. The second-order valence-electron chi connectivity index (χ2n) is 7.11. The van der Waals surface area contributed by atoms with Crippen molar-refractivity contribution in [1.29, 1.82) is 0 Å². The number of nitrogens with one attached hydrogen (secondary N) is 2. The highest BCUT2D eigenvalue weighted by Gasteiger charge is 2.28. The van der Waals surface area contributed by atoms with Crippen molar-refractivity contribution in [3.8, 4) is 11.1 Å². The fourth-order valence-corrected chi connectivity index (χ4v) is 4.25. The zero-order valence-corrected chi connectivity index (χ0v) is 17.0. The normalized spacial score (nSPS) is 14.9. The minimum absolute atomic E-state index is 0.0218. The third-order valence-corrected chi connectivity index (χ3v) is 6.03. The number of para-hydroxylation sites is 1. The second-order valence-corrected chi connectivity index (χ2v) is 8.68. The highest BCUT2D eigenvalue weighted by Crippen LogP contribution is 2.37. The number of sulfonamides is 1. The summed E-state index contributed by atoms with van der Waals surface area (Å²) in [6.45, 7) is 1.37. The van der Waals surface area contributed by atoms with E-state index >= 15 is 0 Å². The fraction of sp³-hybridized carbons (Fsp3) is 0.200. The molecular weight excluding hydrogens is 412 g/mol. The topological polar surface area (TPSA) is 88.4 Å². The number of hydrogen-bond donors (Lipinski definition) is 2. The van der Waals surface area contributed by atoms with Gasteiger partial charge in [0.25, 0.3) is 10.0 Å². The fourth-order valence-electron chi connectivity index (χ4n) is 3.15. The Morgan fingerprint density at radius 2 is 1.83 bits per heavy atom. The Kier molecular flexibility index (Phi) is 5.02. The van der Waals surface area contributed by atoms with Crippen LogP contribution in [0, 0.1) is 0 Å². The molecule has 0 amide bonds. The molecule has 0 unspecified atom stereocenters. The molecule has 0 aliphatic carbocycles. The number of fused-ring (bicyclic) bond motifs is 1. The van der Waals surface area contributed by atoms with Gasteiger partial charge in [-0.2, -0.15) is 22.3 Å². The van der Waals surface area contributed by atoms with Gasteiger partial charge in [0.2, 0.25) is 5.96 Å². The van der Waals surface area contributed by atoms with E-state index < -0.39 is 16.6 Å². The van der Waals surface area contributed by atoms with Crippen LogP contribution in [0.25, 0.3) is 11.1 Å². The lowest BCUT2D eigenvalue weighted by molar-refractivity contribution is 0.0566. The van der Waals surface area contributed by atoms with Gasteiger partial charge in [-0.15, -0.1) is 4.40 Å². The number of anilines is 2. The second kappa shape index (κ2) is 7.52. The highest BCUT2D eigenvalue weighted by atomic mass is 32.2. The minimum atomic E-state index is -3.99. The van der Waals surface area contributed by atoms with Crippen molar-refractivity contribution in [1.82, 2.24) is 9.78 Å². The quantitative estimate of drug-likeness (QED) is 0.628. The Morgan fingerprint density at radius 1 is 1.10 bits per heavy atom. The summed E-state index contributed by atoms with van der Waals surface area (Å²) in [5.41, 5.74) is 2.84. The molecule has 1 aromatic heterocycles. The average molecular weight is 431 g/mol. The van der Waals surface area contributed by atoms with Crippen LogP contribution in [-0.4, -0.2) is 24.2 Å². The van der Waals surface area contributed by atoms with E-state index in [1.165, 1.54) is 18.3 Å². The number of aromatic nitrogens is 2. The van der Waals surface area contributed by atoms with E-state index in [9.17, 15) is 17.2 Å². The summed E-state index contributed by atoms with van der Waals surface area (Å²) in [4.78, 5) is -0.0366. The SMILES string of the molecule is CC(C)c1ccc(NC2=NS(=O)(=O)c3cccc(-c4cnn(C(F)F)c4)c3N2)cc1. The summed E-state index contributed by atoms with van der Waals surface area (Å²) < 4.78 is 55.5. The maximum Gasteiger partial charge on any atom is 0.333 e. The van der Waals surface area contributed by atoms with Crippen molar-refractivity contribution in [2.24, 2.45) is 4.40 Å². The van der Waals surface area contributed by atoms with Crippen molar-refractivity contribution in [3.63, 3.8) is 0 Å². The summed E-state index contributed by atoms with van der Waals surface area (Å²) in [7, 11) is -3.99. The number of alkyl halides is 2. The molecule has 0 fully saturated rings. The standard InChI is InChI=1S/C20H19F2N5O2S/c1-12(2)13-6-8-15(9-7-13)24-20-25-18-16(14-10-23-27(11-14)19(21)22)4-3-5-17(18)30(28,29)26-20/h3-12,19H,1-2H3,(H2,24,25,26). The van der Waals surface area contributed by atoms with Crippen LogP contribution >= 0.6 is 0 Å². The van der Waals surface area contributed by atoms with Gasteiger partial charge in [0, 0.05) is 23.0 Å². The van der Waals surface area contributed by atoms with Crippen molar-refractivity contribution < 1.29 is 17.2 Å². The molecule has 0 saturated carbocycles. The molecule has 0 radical (unpaired) electrons. The maximum atomic E-state index is 12.9. The third kappa shape index (κ3) is 3.78. The predicted octanol–water partition coefficient (Wildman–Crippen LogP) is 4.65. The van der Waals surface area contributed by atoms with Gasteiger partial charge < -0.3 is 10.6 Å². The first kappa shape index (κ1) is 20.0. The van der Waals surface area contributed by atoms with Crippen LogP contribution in [-0.2, 0) is 10.0 Å². The molecule has 0 bridgehead atoms. The Labute approximate surface area is 172 Å². The Bertz CT molecular complexity index is 1220. The van der Waals surface area contributed by atoms with Gasteiger partial charge in [0.1, 0.15) is 4.90 Å². The van der Waals surface area contributed by atoms with Gasteiger partial charge in [-0.3, -0.25) is 0 Å². The molecule has 156 valence electrons. The van der Waals surface area contributed by atoms with Crippen LogP contribution < -0.4 is 10.6 Å². The Hall–Kier alpha value is -3.27. The van der Waals surface area contributed by atoms with E-state index in [-0.39, 0.29) is 16.5 Å². The monoisotopic (exact) mass is 431 g/mol. The van der Waals surface area contributed by atoms with Crippen LogP contribution in [0.1, 0.15) is 31.9 Å². The van der Waals surface area contributed by atoms with E-state index in [0.29, 0.717) is 27.4 Å². The first-order chi connectivity index (χ1) is 14.2. The molecule has 0 atom stereocenters. The van der Waals surface area contributed by atoms with Crippen molar-refractivity contribution >= 4 is 27.4 Å². The van der Waals surface area contributed by atoms with Gasteiger partial charge in [0.15, 0.2) is 0 Å². The van der Waals surface area contributed by atoms with Crippen LogP contribution in [0.2, 0.25) is 0 Å². The smallest absolute Gasteiger partial charge is 0.325 e. The first-order valence-electron chi connectivity index (χ1n) is 9.19. The van der Waals surface area contributed by atoms with Crippen molar-refractivity contribution in [3.05, 3.63) is 60.4 Å². The summed E-state index contributed by atoms with van der Waals surface area (Å²) in [6.07, 6.45) is 2.43. The maximum absolute atomic E-state index is 12.9. The lowest BCUT2D eigenvalue weighted by Gasteiger charge is -2.21. The van der Waals surface area contributed by atoms with Crippen LogP contribution in [0.5, 0.6) is 0 Å². The first-order valence-corrected chi connectivity index (χ1v) is 10.6. The van der Waals surface area contributed by atoms with Gasteiger partial charge in [0.05, 0.1) is 11.9 Å². The largest absolute Gasteiger partial charge is 0.333 e. The molecule has 0 spiro atoms. The lowest BCUT2D eigenvalue weighted by Crippen LogP contribution is -2.28. The van der Waals surface area contributed by atoms with Crippen molar-refractivity contribution in [2.75, 3.05) is 10.6 Å². The molecule has 3 aromatic rings. The Morgan fingerprint density at radius 3 is 2.47 bits per heavy atom. The van der Waals surface area contributed by atoms with Gasteiger partial charge in [-0.1, -0.05) is 38.1 Å². The zero-order valence-electron chi connectivity index (χ0n) is 16.2. The van der Waals surface area contributed by atoms with Gasteiger partial charge in [-0.05, 0) is 29.7 Å². The van der Waals surface area contributed by atoms with Crippen LogP contribution in [0.15, 0.2) is 64.2 Å². The van der Waals surface area contributed by atoms with E-state index in [4.69, 9.17) is 0 Å². The lowest BCUT2D eigenvalue weighted by atomic mass is 10.0. The van der Waals surface area contributed by atoms with E-state index in [0.717, 1.165) is 11.8 Å². The average Bonchev–Trinajstić information content (AvgIpc) is 3.18. The molecule has 10 heteroatoms. The number of guanidine groups is 1. The van der Waals surface area contributed by atoms with Crippen LogP contribution in [0.4, 0.5) is 20.2 Å².